The van der Waals surface area contributed by atoms with E-state index in [4.69, 9.17) is 0 Å². The molecule has 0 amide bonds. The van der Waals surface area contributed by atoms with Crippen LogP contribution in [0.2, 0.25) is 0 Å². The van der Waals surface area contributed by atoms with Crippen molar-refractivity contribution in [3.8, 4) is 0 Å². The number of nitrogens with one attached hydrogen (secondary N) is 1. The summed E-state index contributed by atoms with van der Waals surface area (Å²) in [5, 5.41) is 3.76. The quantitative estimate of drug-likeness (QED) is 0.762. The highest BCUT2D eigenvalue weighted by molar-refractivity contribution is 5.39. The molecule has 0 saturated heterocycles. The van der Waals surface area contributed by atoms with Gasteiger partial charge in [-0.1, -0.05) is 19.4 Å². The van der Waals surface area contributed by atoms with Gasteiger partial charge in [0.15, 0.2) is 0 Å². The monoisotopic (exact) mass is 216 g/mol. The molecule has 1 unspecified atom stereocenters. The number of hydrogen-bond acceptors (Lipinski definition) is 1. The largest absolute Gasteiger partial charge is 0.328 e. The fourth-order valence-electron chi connectivity index (χ4n) is 3.47. The maximum Gasteiger partial charge on any atom is 0.0314 e. The third-order valence-electron chi connectivity index (χ3n) is 4.23. The molecule has 1 fully saturated rings. The summed E-state index contributed by atoms with van der Waals surface area (Å²) in [5.41, 5.74) is 2.99. The molecule has 1 aromatic rings. The highest BCUT2D eigenvalue weighted by Crippen LogP contribution is 2.41. The molecule has 1 saturated carbocycles. The van der Waals surface area contributed by atoms with Gasteiger partial charge >= 0.3 is 0 Å². The third kappa shape index (κ3) is 1.36. The van der Waals surface area contributed by atoms with Crippen LogP contribution in [0.15, 0.2) is 18.8 Å². The van der Waals surface area contributed by atoms with E-state index in [1.165, 1.54) is 36.9 Å². The van der Waals surface area contributed by atoms with Crippen LogP contribution in [0.1, 0.15) is 55.8 Å². The van der Waals surface area contributed by atoms with Crippen molar-refractivity contribution in [2.45, 2.75) is 50.6 Å². The average Bonchev–Trinajstić information content (AvgIpc) is 2.74. The Morgan fingerprint density at radius 3 is 3.06 bits per heavy atom. The Balaban J connectivity index is 2.07. The van der Waals surface area contributed by atoms with Crippen molar-refractivity contribution >= 4 is 6.20 Å². The number of rotatable bonds is 1. The van der Waals surface area contributed by atoms with Crippen LogP contribution in [0, 0.1) is 0 Å². The smallest absolute Gasteiger partial charge is 0.0314 e. The first kappa shape index (κ1) is 10.2. The average molecular weight is 216 g/mol. The summed E-state index contributed by atoms with van der Waals surface area (Å²) < 4.78 is 2.23. The summed E-state index contributed by atoms with van der Waals surface area (Å²) in [6.07, 6.45) is 9.52. The second kappa shape index (κ2) is 3.77. The van der Waals surface area contributed by atoms with E-state index in [1.807, 2.05) is 6.20 Å². The van der Waals surface area contributed by atoms with Gasteiger partial charge in [0.2, 0.25) is 0 Å². The first-order chi connectivity index (χ1) is 7.81. The lowest BCUT2D eigenvalue weighted by atomic mass is 9.77. The minimum Gasteiger partial charge on any atom is -0.328 e. The van der Waals surface area contributed by atoms with Crippen LogP contribution >= 0.6 is 0 Å². The van der Waals surface area contributed by atoms with Crippen molar-refractivity contribution in [1.29, 1.82) is 0 Å². The van der Waals surface area contributed by atoms with Gasteiger partial charge in [-0.3, -0.25) is 0 Å². The Hall–Kier alpha value is -1.02. The van der Waals surface area contributed by atoms with Gasteiger partial charge in [0.1, 0.15) is 0 Å². The van der Waals surface area contributed by atoms with Crippen LogP contribution < -0.4 is 5.32 Å². The Labute approximate surface area is 97.3 Å². The minimum atomic E-state index is 0.496. The highest BCUT2D eigenvalue weighted by atomic mass is 15.0. The second-order valence-corrected chi connectivity index (χ2v) is 5.13. The first-order valence-electron chi connectivity index (χ1n) is 6.40. The van der Waals surface area contributed by atoms with Crippen LogP contribution in [0.25, 0.3) is 6.20 Å². The van der Waals surface area contributed by atoms with E-state index in [0.717, 1.165) is 0 Å². The Kier molecular flexibility index (Phi) is 2.40. The Morgan fingerprint density at radius 1 is 1.44 bits per heavy atom. The van der Waals surface area contributed by atoms with E-state index >= 15 is 0 Å². The van der Waals surface area contributed by atoms with Gasteiger partial charge in [0.05, 0.1) is 0 Å². The summed E-state index contributed by atoms with van der Waals surface area (Å²) in [6.45, 7) is 6.19. The highest BCUT2D eigenvalue weighted by Gasteiger charge is 2.36. The molecular weight excluding hydrogens is 196 g/mol. The minimum absolute atomic E-state index is 0.496. The fourth-order valence-corrected chi connectivity index (χ4v) is 3.47. The molecule has 2 aliphatic rings. The molecule has 3 rings (SSSR count). The van der Waals surface area contributed by atoms with E-state index in [0.29, 0.717) is 18.0 Å². The zero-order chi connectivity index (χ0) is 11.1. The number of fused-ring (bicyclic) bond motifs is 3. The number of hydrogen-bond donors (Lipinski definition) is 1. The summed E-state index contributed by atoms with van der Waals surface area (Å²) in [7, 11) is 0. The van der Waals surface area contributed by atoms with Crippen molar-refractivity contribution < 1.29 is 0 Å². The fraction of sp³-hybridized carbons (Fsp3) is 0.571. The van der Waals surface area contributed by atoms with Gasteiger partial charge in [-0.05, 0) is 31.4 Å². The van der Waals surface area contributed by atoms with Crippen LogP contribution in [-0.2, 0) is 0 Å². The molecule has 2 nitrogen and oxygen atoms in total. The number of aromatic nitrogens is 1. The second-order valence-electron chi connectivity index (χ2n) is 5.13. The molecule has 2 heteroatoms. The molecule has 2 heterocycles. The zero-order valence-corrected chi connectivity index (χ0v) is 9.95. The molecule has 0 spiro atoms. The molecule has 86 valence electrons. The van der Waals surface area contributed by atoms with Crippen molar-refractivity contribution in [2.75, 3.05) is 0 Å². The van der Waals surface area contributed by atoms with Gasteiger partial charge in [-0.25, -0.2) is 0 Å². The van der Waals surface area contributed by atoms with Gasteiger partial charge in [0.25, 0.3) is 0 Å². The van der Waals surface area contributed by atoms with E-state index in [9.17, 15) is 0 Å². The van der Waals surface area contributed by atoms with Crippen molar-refractivity contribution in [3.05, 3.63) is 30.1 Å². The molecule has 0 aromatic carbocycles. The van der Waals surface area contributed by atoms with Crippen molar-refractivity contribution in [1.82, 2.24) is 9.88 Å². The van der Waals surface area contributed by atoms with E-state index in [1.54, 1.807) is 0 Å². The molecule has 16 heavy (non-hydrogen) atoms. The Bertz CT molecular complexity index is 405. The van der Waals surface area contributed by atoms with Crippen LogP contribution in [0.5, 0.6) is 0 Å². The molecule has 1 aliphatic heterocycles. The maximum absolute atomic E-state index is 3.92. The van der Waals surface area contributed by atoms with Gasteiger partial charge in [-0.15, -0.1) is 0 Å². The summed E-state index contributed by atoms with van der Waals surface area (Å²) in [4.78, 5) is 0. The third-order valence-corrected chi connectivity index (χ3v) is 4.23. The normalized spacial score (nSPS) is 32.9. The lowest BCUT2D eigenvalue weighted by Crippen LogP contribution is -2.43. The molecule has 1 aliphatic carbocycles. The molecule has 0 bridgehead atoms. The van der Waals surface area contributed by atoms with Crippen molar-refractivity contribution in [3.63, 3.8) is 0 Å². The van der Waals surface area contributed by atoms with Crippen LogP contribution in [-0.4, -0.2) is 10.6 Å². The molecular formula is C14H20N2. The predicted molar refractivity (Wildman–Crippen MR) is 67.4 cm³/mol. The summed E-state index contributed by atoms with van der Waals surface area (Å²) in [5.74, 6) is 0.702. The summed E-state index contributed by atoms with van der Waals surface area (Å²) in [6, 6.07) is 3.43. The lowest BCUT2D eigenvalue weighted by Gasteiger charge is -2.40. The van der Waals surface area contributed by atoms with E-state index in [2.05, 4.69) is 35.6 Å². The molecule has 3 atom stereocenters. The lowest BCUT2D eigenvalue weighted by molar-refractivity contribution is 0.278. The molecule has 1 N–H and O–H groups in total. The summed E-state index contributed by atoms with van der Waals surface area (Å²) >= 11 is 0. The van der Waals surface area contributed by atoms with Gasteiger partial charge in [-0.2, -0.15) is 0 Å². The van der Waals surface area contributed by atoms with Crippen LogP contribution in [0.4, 0.5) is 0 Å². The first-order valence-corrected chi connectivity index (χ1v) is 6.40. The van der Waals surface area contributed by atoms with E-state index in [-0.39, 0.29) is 0 Å². The number of nitrogens with zero attached hydrogens (tertiary/aromatic N) is 1. The molecule has 0 radical (unpaired) electrons. The van der Waals surface area contributed by atoms with Crippen LogP contribution in [0.3, 0.4) is 0 Å². The zero-order valence-electron chi connectivity index (χ0n) is 9.95. The predicted octanol–water partition coefficient (Wildman–Crippen LogP) is 3.28. The van der Waals surface area contributed by atoms with Crippen molar-refractivity contribution in [2.24, 2.45) is 0 Å². The maximum atomic E-state index is 3.92. The van der Waals surface area contributed by atoms with Gasteiger partial charge < -0.3 is 9.88 Å². The van der Waals surface area contributed by atoms with E-state index < -0.39 is 0 Å². The SMILES string of the molecule is C=Cn1ccc2c1[C@@H]1CCCC[C@H]1NC2C. The molecule has 1 aromatic heterocycles. The standard InChI is InChI=1S/C14H20N2/c1-3-16-9-8-11-10(2)15-13-7-5-4-6-12(13)14(11)16/h3,8-10,12-13,15H,1,4-7H2,2H3/t10?,12-,13-/m1/s1. The van der Waals surface area contributed by atoms with Gasteiger partial charge in [0, 0.05) is 36.1 Å². The topological polar surface area (TPSA) is 17.0 Å². The Morgan fingerprint density at radius 2 is 2.25 bits per heavy atom.